The number of halogens is 2. The lowest BCUT2D eigenvalue weighted by Gasteiger charge is -2.20. The van der Waals surface area contributed by atoms with Crippen LogP contribution in [0.25, 0.3) is 0 Å². The first-order valence-electron chi connectivity index (χ1n) is 5.78. The van der Waals surface area contributed by atoms with E-state index in [0.29, 0.717) is 18.7 Å². The van der Waals surface area contributed by atoms with Gasteiger partial charge in [0.15, 0.2) is 0 Å². The maximum Gasteiger partial charge on any atom is 0.243 e. The van der Waals surface area contributed by atoms with Gasteiger partial charge in [0.25, 0.3) is 0 Å². The van der Waals surface area contributed by atoms with Crippen molar-refractivity contribution in [2.75, 3.05) is 25.5 Å². The molecule has 0 bridgehead atoms. The van der Waals surface area contributed by atoms with Gasteiger partial charge in [0.05, 0.1) is 12.3 Å². The van der Waals surface area contributed by atoms with Crippen molar-refractivity contribution in [3.63, 3.8) is 0 Å². The third kappa shape index (κ3) is 3.06. The first-order valence-corrected chi connectivity index (χ1v) is 7.26. The highest BCUT2D eigenvalue weighted by molar-refractivity contribution is 7.89. The van der Waals surface area contributed by atoms with E-state index in [1.165, 1.54) is 0 Å². The van der Waals surface area contributed by atoms with Gasteiger partial charge in [-0.1, -0.05) is 0 Å². The van der Waals surface area contributed by atoms with Crippen molar-refractivity contribution in [3.8, 4) is 0 Å². The third-order valence-electron chi connectivity index (χ3n) is 3.01. The highest BCUT2D eigenvalue weighted by Crippen LogP contribution is 2.22. The van der Waals surface area contributed by atoms with Crippen LogP contribution >= 0.6 is 0 Å². The van der Waals surface area contributed by atoms with E-state index in [-0.39, 0.29) is 19.6 Å². The van der Waals surface area contributed by atoms with Gasteiger partial charge >= 0.3 is 0 Å². The Labute approximate surface area is 114 Å². The summed E-state index contributed by atoms with van der Waals surface area (Å²) in [6.45, 7) is -0.0221. The minimum absolute atomic E-state index is 0.0104. The predicted molar refractivity (Wildman–Crippen MR) is 66.3 cm³/mol. The summed E-state index contributed by atoms with van der Waals surface area (Å²) < 4.78 is 57.4. The number of benzene rings is 1. The number of ether oxygens (including phenoxy) is 1. The maximum absolute atomic E-state index is 13.5. The highest BCUT2D eigenvalue weighted by Gasteiger charge is 2.34. The molecule has 1 aromatic rings. The number of anilines is 1. The Hall–Kier alpha value is -1.29. The van der Waals surface area contributed by atoms with Crippen LogP contribution in [0.1, 0.15) is 6.42 Å². The summed E-state index contributed by atoms with van der Waals surface area (Å²) in [4.78, 5) is -0.765. The molecule has 1 unspecified atom stereocenters. The van der Waals surface area contributed by atoms with Crippen LogP contribution in [-0.4, -0.2) is 38.9 Å². The molecule has 20 heavy (non-hydrogen) atoms. The molecular weight excluding hydrogens is 294 g/mol. The molecule has 9 heteroatoms. The van der Waals surface area contributed by atoms with Gasteiger partial charge in [0.1, 0.15) is 22.1 Å². The van der Waals surface area contributed by atoms with Gasteiger partial charge in [0, 0.05) is 25.6 Å². The van der Waals surface area contributed by atoms with Crippen molar-refractivity contribution in [3.05, 3.63) is 23.8 Å². The molecule has 1 aromatic carbocycles. The van der Waals surface area contributed by atoms with Gasteiger partial charge < -0.3 is 15.6 Å². The van der Waals surface area contributed by atoms with E-state index in [1.54, 1.807) is 0 Å². The lowest BCUT2D eigenvalue weighted by Crippen LogP contribution is -2.43. The standard InChI is InChI=1S/C11H14F2N2O4S/c12-7-3-8(13)10(4-9(7)14)20(17,18)15-5-11(16)1-2-19-6-11/h3-4,15-16H,1-2,5-6,14H2. The first-order chi connectivity index (χ1) is 9.23. The van der Waals surface area contributed by atoms with Crippen LogP contribution in [0.15, 0.2) is 17.0 Å². The minimum atomic E-state index is -4.24. The fourth-order valence-electron chi connectivity index (χ4n) is 1.79. The average molecular weight is 308 g/mol. The molecule has 4 N–H and O–H groups in total. The van der Waals surface area contributed by atoms with Crippen LogP contribution in [0.5, 0.6) is 0 Å². The molecule has 1 aliphatic rings. The highest BCUT2D eigenvalue weighted by atomic mass is 32.2. The molecule has 1 atom stereocenters. The van der Waals surface area contributed by atoms with Gasteiger partial charge in [-0.05, 0) is 6.07 Å². The molecular formula is C11H14F2N2O4S. The van der Waals surface area contributed by atoms with Gasteiger partial charge in [-0.25, -0.2) is 21.9 Å². The van der Waals surface area contributed by atoms with Crippen molar-refractivity contribution < 1.29 is 27.0 Å². The molecule has 1 saturated heterocycles. The largest absolute Gasteiger partial charge is 0.396 e. The summed E-state index contributed by atoms with van der Waals surface area (Å²) in [7, 11) is -4.24. The number of sulfonamides is 1. The zero-order valence-electron chi connectivity index (χ0n) is 10.4. The lowest BCUT2D eigenvalue weighted by molar-refractivity contribution is 0.0314. The molecule has 2 rings (SSSR count). The van der Waals surface area contributed by atoms with E-state index in [2.05, 4.69) is 4.72 Å². The van der Waals surface area contributed by atoms with Crippen LogP contribution in [0.3, 0.4) is 0 Å². The Kier molecular flexibility index (Phi) is 3.96. The number of aliphatic hydroxyl groups is 1. The molecule has 0 amide bonds. The SMILES string of the molecule is Nc1cc(S(=O)(=O)NCC2(O)CCOC2)c(F)cc1F. The van der Waals surface area contributed by atoms with E-state index < -0.39 is 37.8 Å². The average Bonchev–Trinajstić information content (AvgIpc) is 2.79. The van der Waals surface area contributed by atoms with E-state index in [4.69, 9.17) is 10.5 Å². The number of hydrogen-bond acceptors (Lipinski definition) is 5. The third-order valence-corrected chi connectivity index (χ3v) is 4.43. The number of nitrogens with one attached hydrogen (secondary N) is 1. The van der Waals surface area contributed by atoms with Crippen LogP contribution < -0.4 is 10.5 Å². The fourth-order valence-corrected chi connectivity index (χ4v) is 3.01. The van der Waals surface area contributed by atoms with Gasteiger partial charge in [0.2, 0.25) is 10.0 Å². The Morgan fingerprint density at radius 3 is 2.70 bits per heavy atom. The monoisotopic (exact) mass is 308 g/mol. The van der Waals surface area contributed by atoms with Crippen molar-refractivity contribution in [2.24, 2.45) is 0 Å². The Morgan fingerprint density at radius 1 is 1.40 bits per heavy atom. The predicted octanol–water partition coefficient (Wildman–Crippen LogP) is -0.0233. The number of nitrogen functional groups attached to an aromatic ring is 1. The number of hydrogen-bond donors (Lipinski definition) is 3. The summed E-state index contributed by atoms with van der Waals surface area (Å²) >= 11 is 0. The minimum Gasteiger partial charge on any atom is -0.396 e. The smallest absolute Gasteiger partial charge is 0.243 e. The van der Waals surface area contributed by atoms with Crippen molar-refractivity contribution >= 4 is 15.7 Å². The molecule has 0 aliphatic carbocycles. The summed E-state index contributed by atoms with van der Waals surface area (Å²) in [5.41, 5.74) is 3.43. The quantitative estimate of drug-likeness (QED) is 0.678. The molecule has 0 radical (unpaired) electrons. The van der Waals surface area contributed by atoms with Crippen LogP contribution in [-0.2, 0) is 14.8 Å². The molecule has 6 nitrogen and oxygen atoms in total. The molecule has 0 saturated carbocycles. The molecule has 0 aromatic heterocycles. The second-order valence-electron chi connectivity index (χ2n) is 4.66. The summed E-state index contributed by atoms with van der Waals surface area (Å²) in [6, 6.07) is 1.10. The normalized spacial score (nSPS) is 23.1. The molecule has 1 aliphatic heterocycles. The first kappa shape index (κ1) is 15.1. The molecule has 112 valence electrons. The topological polar surface area (TPSA) is 102 Å². The number of nitrogens with two attached hydrogens (primary N) is 1. The van der Waals surface area contributed by atoms with E-state index in [1.807, 2.05) is 0 Å². The number of rotatable bonds is 4. The maximum atomic E-state index is 13.5. The van der Waals surface area contributed by atoms with E-state index >= 15 is 0 Å². The Bertz CT molecular complexity index is 615. The van der Waals surface area contributed by atoms with Gasteiger partial charge in [-0.2, -0.15) is 0 Å². The van der Waals surface area contributed by atoms with Crippen LogP contribution in [0, 0.1) is 11.6 Å². The zero-order chi connectivity index (χ0) is 15.0. The van der Waals surface area contributed by atoms with Gasteiger partial charge in [-0.15, -0.1) is 0 Å². The van der Waals surface area contributed by atoms with Gasteiger partial charge in [-0.3, -0.25) is 0 Å². The Balaban J connectivity index is 2.20. The van der Waals surface area contributed by atoms with Crippen molar-refractivity contribution in [2.45, 2.75) is 16.9 Å². The second kappa shape index (κ2) is 5.24. The van der Waals surface area contributed by atoms with E-state index in [9.17, 15) is 22.3 Å². The Morgan fingerprint density at radius 2 is 2.10 bits per heavy atom. The summed E-state index contributed by atoms with van der Waals surface area (Å²) in [5.74, 6) is -2.29. The molecule has 1 fully saturated rings. The summed E-state index contributed by atoms with van der Waals surface area (Å²) in [6.07, 6.45) is 0.267. The molecule has 1 heterocycles. The van der Waals surface area contributed by atoms with Crippen molar-refractivity contribution in [1.82, 2.24) is 4.72 Å². The second-order valence-corrected chi connectivity index (χ2v) is 6.39. The molecule has 0 spiro atoms. The zero-order valence-corrected chi connectivity index (χ0v) is 11.2. The van der Waals surface area contributed by atoms with Crippen molar-refractivity contribution in [1.29, 1.82) is 0 Å². The lowest BCUT2D eigenvalue weighted by atomic mass is 10.1. The van der Waals surface area contributed by atoms with E-state index in [0.717, 1.165) is 0 Å². The fraction of sp³-hybridized carbons (Fsp3) is 0.455. The summed E-state index contributed by atoms with van der Waals surface area (Å²) in [5, 5.41) is 9.94. The van der Waals surface area contributed by atoms with Crippen LogP contribution in [0.4, 0.5) is 14.5 Å². The van der Waals surface area contributed by atoms with Crippen LogP contribution in [0.2, 0.25) is 0 Å².